The molecule has 0 saturated carbocycles. The number of carbonyl (C=O) groups excluding carboxylic acids is 1. The van der Waals surface area contributed by atoms with Gasteiger partial charge in [-0.05, 0) is 30.3 Å². The Morgan fingerprint density at radius 1 is 1.25 bits per heavy atom. The number of halogens is 1. The summed E-state index contributed by atoms with van der Waals surface area (Å²) in [6, 6.07) is 10.9. The van der Waals surface area contributed by atoms with Crippen LogP contribution in [-0.2, 0) is 11.2 Å². The van der Waals surface area contributed by atoms with Crippen LogP contribution in [0.15, 0.2) is 53.9 Å². The van der Waals surface area contributed by atoms with E-state index in [1.807, 2.05) is 40.8 Å². The average molecular weight is 362 g/mol. The number of thioether (sulfide) groups is 1. The minimum Gasteiger partial charge on any atom is -0.325 e. The molecule has 6 nitrogen and oxygen atoms in total. The quantitative estimate of drug-likeness (QED) is 0.684. The summed E-state index contributed by atoms with van der Waals surface area (Å²) < 4.78 is 3.80. The lowest BCUT2D eigenvalue weighted by Gasteiger charge is -2.10. The number of nitrogens with zero attached hydrogens (tertiary/aromatic N) is 4. The molecule has 0 bridgehead atoms. The molecule has 0 fully saturated rings. The van der Waals surface area contributed by atoms with Crippen LogP contribution >= 0.6 is 23.4 Å². The Labute approximate surface area is 148 Å². The Morgan fingerprint density at radius 2 is 2.04 bits per heavy atom. The molecule has 2 aromatic heterocycles. The molecule has 1 aromatic carbocycles. The first-order valence-corrected chi connectivity index (χ1v) is 8.80. The van der Waals surface area contributed by atoms with Crippen molar-refractivity contribution in [3.05, 3.63) is 59.6 Å². The average Bonchev–Trinajstić information content (AvgIpc) is 3.21. The van der Waals surface area contributed by atoms with Crippen molar-refractivity contribution in [1.29, 1.82) is 0 Å². The molecular formula is C16H16ClN5OS. The van der Waals surface area contributed by atoms with Gasteiger partial charge in [0.25, 0.3) is 0 Å². The van der Waals surface area contributed by atoms with Gasteiger partial charge in [0.2, 0.25) is 11.1 Å². The lowest BCUT2D eigenvalue weighted by molar-refractivity contribution is -0.113. The van der Waals surface area contributed by atoms with Gasteiger partial charge in [-0.1, -0.05) is 36.4 Å². The van der Waals surface area contributed by atoms with Crippen LogP contribution in [0.4, 0.5) is 5.69 Å². The Kier molecular flexibility index (Phi) is 5.22. The molecule has 0 aliphatic rings. The summed E-state index contributed by atoms with van der Waals surface area (Å²) in [5, 5.41) is 12.5. The minimum atomic E-state index is -0.123. The van der Waals surface area contributed by atoms with Crippen molar-refractivity contribution in [1.82, 2.24) is 19.5 Å². The summed E-state index contributed by atoms with van der Waals surface area (Å²) in [6.07, 6.45) is 4.58. The van der Waals surface area contributed by atoms with Gasteiger partial charge in [-0.15, -0.1) is 10.2 Å². The van der Waals surface area contributed by atoms with Crippen molar-refractivity contribution in [2.75, 3.05) is 11.1 Å². The Balaban J connectivity index is 1.69. The van der Waals surface area contributed by atoms with E-state index in [1.165, 1.54) is 11.8 Å². The molecule has 24 heavy (non-hydrogen) atoms. The summed E-state index contributed by atoms with van der Waals surface area (Å²) in [6.45, 7) is 2.02. The van der Waals surface area contributed by atoms with Crippen molar-refractivity contribution in [3.8, 4) is 0 Å². The molecule has 0 saturated heterocycles. The third-order valence-corrected chi connectivity index (χ3v) is 4.41. The van der Waals surface area contributed by atoms with E-state index in [4.69, 9.17) is 11.6 Å². The van der Waals surface area contributed by atoms with Crippen molar-refractivity contribution in [2.24, 2.45) is 0 Å². The van der Waals surface area contributed by atoms with Crippen molar-refractivity contribution >= 4 is 35.0 Å². The molecule has 0 aliphatic heterocycles. The van der Waals surface area contributed by atoms with Gasteiger partial charge >= 0.3 is 0 Å². The molecule has 1 amide bonds. The first kappa shape index (κ1) is 16.6. The van der Waals surface area contributed by atoms with Gasteiger partial charge in [-0.25, -0.2) is 4.68 Å². The smallest absolute Gasteiger partial charge is 0.234 e. The number of aryl methyl sites for hydroxylation is 1. The minimum absolute atomic E-state index is 0.123. The maximum atomic E-state index is 12.1. The molecule has 2 heterocycles. The van der Waals surface area contributed by atoms with Crippen LogP contribution in [-0.4, -0.2) is 31.2 Å². The Morgan fingerprint density at radius 3 is 2.75 bits per heavy atom. The van der Waals surface area contributed by atoms with Crippen molar-refractivity contribution in [2.45, 2.75) is 18.5 Å². The molecule has 0 unspecified atom stereocenters. The fraction of sp³-hybridized carbons (Fsp3) is 0.188. The second-order valence-electron chi connectivity index (χ2n) is 4.97. The van der Waals surface area contributed by atoms with Crippen LogP contribution in [0.5, 0.6) is 0 Å². The topological polar surface area (TPSA) is 64.7 Å². The van der Waals surface area contributed by atoms with Gasteiger partial charge in [0, 0.05) is 29.5 Å². The zero-order valence-corrected chi connectivity index (χ0v) is 14.6. The number of benzene rings is 1. The molecule has 0 radical (unpaired) electrons. The van der Waals surface area contributed by atoms with E-state index in [9.17, 15) is 4.79 Å². The first-order valence-electron chi connectivity index (χ1n) is 7.43. The number of rotatable bonds is 6. The van der Waals surface area contributed by atoms with Crippen LogP contribution in [0.25, 0.3) is 0 Å². The van der Waals surface area contributed by atoms with E-state index in [0.29, 0.717) is 15.9 Å². The molecule has 0 atom stereocenters. The van der Waals surface area contributed by atoms with Crippen LogP contribution < -0.4 is 5.32 Å². The van der Waals surface area contributed by atoms with Crippen LogP contribution in [0.1, 0.15) is 12.7 Å². The third-order valence-electron chi connectivity index (χ3n) is 3.25. The van der Waals surface area contributed by atoms with Crippen molar-refractivity contribution < 1.29 is 4.79 Å². The summed E-state index contributed by atoms with van der Waals surface area (Å²) in [5.74, 6) is 0.946. The maximum absolute atomic E-state index is 12.1. The third kappa shape index (κ3) is 3.80. The summed E-state index contributed by atoms with van der Waals surface area (Å²) in [7, 11) is 0. The summed E-state index contributed by atoms with van der Waals surface area (Å²) >= 11 is 7.25. The molecule has 0 aliphatic carbocycles. The molecule has 3 aromatic rings. The number of amides is 1. The van der Waals surface area contributed by atoms with Crippen LogP contribution in [0.3, 0.4) is 0 Å². The SMILES string of the molecule is CCc1nnc(SCC(=O)Nc2cccc(Cl)c2)n1-n1cccc1. The second kappa shape index (κ2) is 7.55. The summed E-state index contributed by atoms with van der Waals surface area (Å²) in [5.41, 5.74) is 0.675. The van der Waals surface area contributed by atoms with Gasteiger partial charge in [0.1, 0.15) is 0 Å². The maximum Gasteiger partial charge on any atom is 0.234 e. The van der Waals surface area contributed by atoms with Gasteiger partial charge in [0.05, 0.1) is 5.75 Å². The highest BCUT2D eigenvalue weighted by molar-refractivity contribution is 7.99. The highest BCUT2D eigenvalue weighted by atomic mass is 35.5. The van der Waals surface area contributed by atoms with E-state index >= 15 is 0 Å². The normalized spacial score (nSPS) is 10.8. The lowest BCUT2D eigenvalue weighted by atomic mass is 10.3. The molecule has 124 valence electrons. The first-order chi connectivity index (χ1) is 11.7. The molecule has 3 rings (SSSR count). The molecule has 8 heteroatoms. The number of anilines is 1. The predicted octanol–water partition coefficient (Wildman–Crippen LogP) is 3.34. The highest BCUT2D eigenvalue weighted by Crippen LogP contribution is 2.19. The van der Waals surface area contributed by atoms with Gasteiger partial charge < -0.3 is 5.32 Å². The standard InChI is InChI=1S/C16H16ClN5OS/c1-2-14-19-20-16(22(14)21-8-3-4-9-21)24-11-15(23)18-13-7-5-6-12(17)10-13/h3-10H,2,11H2,1H3,(H,18,23). The number of aromatic nitrogens is 4. The largest absolute Gasteiger partial charge is 0.325 e. The zero-order valence-electron chi connectivity index (χ0n) is 13.0. The number of hydrogen-bond acceptors (Lipinski definition) is 4. The van der Waals surface area contributed by atoms with E-state index in [1.54, 1.807) is 24.3 Å². The second-order valence-corrected chi connectivity index (χ2v) is 6.35. The number of nitrogens with one attached hydrogen (secondary N) is 1. The van der Waals surface area contributed by atoms with Crippen LogP contribution in [0, 0.1) is 0 Å². The molecule has 0 spiro atoms. The fourth-order valence-corrected chi connectivity index (χ4v) is 3.13. The molecule has 1 N–H and O–H groups in total. The van der Waals surface area contributed by atoms with E-state index in [2.05, 4.69) is 15.5 Å². The monoisotopic (exact) mass is 361 g/mol. The van der Waals surface area contributed by atoms with Crippen molar-refractivity contribution in [3.63, 3.8) is 0 Å². The number of hydrogen-bond donors (Lipinski definition) is 1. The van der Waals surface area contributed by atoms with E-state index in [-0.39, 0.29) is 11.7 Å². The Bertz CT molecular complexity index is 831. The molecular weight excluding hydrogens is 346 g/mol. The van der Waals surface area contributed by atoms with Crippen LogP contribution in [0.2, 0.25) is 5.02 Å². The van der Waals surface area contributed by atoms with Gasteiger partial charge in [-0.2, -0.15) is 0 Å². The zero-order chi connectivity index (χ0) is 16.9. The van der Waals surface area contributed by atoms with Gasteiger partial charge in [0.15, 0.2) is 5.82 Å². The summed E-state index contributed by atoms with van der Waals surface area (Å²) in [4.78, 5) is 12.1. The van der Waals surface area contributed by atoms with E-state index in [0.717, 1.165) is 12.2 Å². The number of carbonyl (C=O) groups is 1. The fourth-order valence-electron chi connectivity index (χ4n) is 2.19. The predicted molar refractivity (Wildman–Crippen MR) is 95.4 cm³/mol. The lowest BCUT2D eigenvalue weighted by Crippen LogP contribution is -2.16. The van der Waals surface area contributed by atoms with Gasteiger partial charge in [-0.3, -0.25) is 9.47 Å². The Hall–Kier alpha value is -2.25. The highest BCUT2D eigenvalue weighted by Gasteiger charge is 2.14. The van der Waals surface area contributed by atoms with E-state index < -0.39 is 0 Å².